The molecule has 0 bridgehead atoms. The molecule has 108 valence electrons. The fourth-order valence-electron chi connectivity index (χ4n) is 2.00. The molecule has 0 heterocycles. The summed E-state index contributed by atoms with van der Waals surface area (Å²) in [6.45, 7) is 6.37. The van der Waals surface area contributed by atoms with E-state index < -0.39 is 0 Å². The van der Waals surface area contributed by atoms with Crippen LogP contribution in [0.5, 0.6) is 0 Å². The summed E-state index contributed by atoms with van der Waals surface area (Å²) in [4.78, 5) is 12.0. The smallest absolute Gasteiger partial charge is 0.251 e. The molecule has 1 aromatic rings. The van der Waals surface area contributed by atoms with Gasteiger partial charge in [0.25, 0.3) is 5.91 Å². The molecule has 3 nitrogen and oxygen atoms in total. The van der Waals surface area contributed by atoms with Gasteiger partial charge in [-0.3, -0.25) is 4.79 Å². The van der Waals surface area contributed by atoms with Crippen molar-refractivity contribution in [1.29, 1.82) is 0 Å². The lowest BCUT2D eigenvalue weighted by Gasteiger charge is -2.15. The van der Waals surface area contributed by atoms with Gasteiger partial charge in [0.15, 0.2) is 0 Å². The molecular weight excluding hydrogens is 250 g/mol. The second-order valence-corrected chi connectivity index (χ2v) is 5.36. The maximum atomic E-state index is 12.0. The summed E-state index contributed by atoms with van der Waals surface area (Å²) in [6.07, 6.45) is 1.44. The highest BCUT2D eigenvalue weighted by Crippen LogP contribution is 2.07. The molecule has 0 aliphatic rings. The number of amides is 1. The van der Waals surface area contributed by atoms with Gasteiger partial charge in [-0.15, -0.1) is 0 Å². The molecular formula is C17H23NO2. The van der Waals surface area contributed by atoms with E-state index in [1.165, 1.54) is 0 Å². The van der Waals surface area contributed by atoms with E-state index in [9.17, 15) is 4.79 Å². The largest absolute Gasteiger partial charge is 0.395 e. The highest BCUT2D eigenvalue weighted by atomic mass is 16.2. The SMILES string of the molecule is CC(C)CC(C)NC(=O)c1ccc(C#CCCO)cc1. The summed E-state index contributed by atoms with van der Waals surface area (Å²) >= 11 is 0. The van der Waals surface area contributed by atoms with Gasteiger partial charge in [0.05, 0.1) is 6.61 Å². The van der Waals surface area contributed by atoms with Crippen molar-refractivity contribution >= 4 is 5.91 Å². The number of hydrogen-bond donors (Lipinski definition) is 2. The minimum absolute atomic E-state index is 0.0481. The molecule has 1 amide bonds. The second-order valence-electron chi connectivity index (χ2n) is 5.36. The first-order valence-corrected chi connectivity index (χ1v) is 7.03. The van der Waals surface area contributed by atoms with Crippen LogP contribution in [-0.2, 0) is 0 Å². The number of carbonyl (C=O) groups is 1. The molecule has 0 saturated heterocycles. The molecule has 2 N–H and O–H groups in total. The lowest BCUT2D eigenvalue weighted by atomic mass is 10.0. The van der Waals surface area contributed by atoms with Crippen molar-refractivity contribution in [3.8, 4) is 11.8 Å². The van der Waals surface area contributed by atoms with Crippen LogP contribution < -0.4 is 5.32 Å². The minimum Gasteiger partial charge on any atom is -0.395 e. The standard InChI is InChI=1S/C17H23NO2/c1-13(2)12-14(3)18-17(20)16-9-7-15(8-10-16)6-4-5-11-19/h7-10,13-14,19H,5,11-12H2,1-3H3,(H,18,20). The van der Waals surface area contributed by atoms with Gasteiger partial charge in [-0.1, -0.05) is 25.7 Å². The van der Waals surface area contributed by atoms with E-state index in [2.05, 4.69) is 31.0 Å². The van der Waals surface area contributed by atoms with Crippen molar-refractivity contribution in [2.75, 3.05) is 6.61 Å². The maximum Gasteiger partial charge on any atom is 0.251 e. The number of aliphatic hydroxyl groups is 1. The van der Waals surface area contributed by atoms with Gasteiger partial charge >= 0.3 is 0 Å². The van der Waals surface area contributed by atoms with Crippen LogP contribution in [-0.4, -0.2) is 23.7 Å². The van der Waals surface area contributed by atoms with Gasteiger partial charge in [-0.2, -0.15) is 0 Å². The summed E-state index contributed by atoms with van der Waals surface area (Å²) in [5.41, 5.74) is 1.50. The Balaban J connectivity index is 2.60. The van der Waals surface area contributed by atoms with Gasteiger partial charge in [0.2, 0.25) is 0 Å². The van der Waals surface area contributed by atoms with Gasteiger partial charge in [0.1, 0.15) is 0 Å². The Bertz CT molecular complexity index is 480. The van der Waals surface area contributed by atoms with Crippen molar-refractivity contribution in [3.05, 3.63) is 35.4 Å². The number of nitrogens with one attached hydrogen (secondary N) is 1. The lowest BCUT2D eigenvalue weighted by molar-refractivity contribution is 0.0936. The Kier molecular flexibility index (Phi) is 6.83. The fraction of sp³-hybridized carbons (Fsp3) is 0.471. The van der Waals surface area contributed by atoms with E-state index in [-0.39, 0.29) is 18.6 Å². The number of rotatable bonds is 5. The summed E-state index contributed by atoms with van der Waals surface area (Å²) in [7, 11) is 0. The van der Waals surface area contributed by atoms with Crippen LogP contribution in [0.3, 0.4) is 0 Å². The van der Waals surface area contributed by atoms with Gasteiger partial charge in [-0.25, -0.2) is 0 Å². The van der Waals surface area contributed by atoms with E-state index in [1.807, 2.05) is 19.1 Å². The van der Waals surface area contributed by atoms with Gasteiger partial charge < -0.3 is 10.4 Å². The Labute approximate surface area is 121 Å². The zero-order chi connectivity index (χ0) is 15.0. The molecule has 3 heteroatoms. The van der Waals surface area contributed by atoms with Crippen molar-refractivity contribution in [2.45, 2.75) is 39.7 Å². The summed E-state index contributed by atoms with van der Waals surface area (Å²) in [5.74, 6) is 6.31. The second kappa shape index (κ2) is 8.39. The first kappa shape index (κ1) is 16.3. The monoisotopic (exact) mass is 273 g/mol. The quantitative estimate of drug-likeness (QED) is 0.810. The van der Waals surface area contributed by atoms with Crippen LogP contribution >= 0.6 is 0 Å². The lowest BCUT2D eigenvalue weighted by Crippen LogP contribution is -2.33. The van der Waals surface area contributed by atoms with Gasteiger partial charge in [-0.05, 0) is 43.5 Å². The first-order chi connectivity index (χ1) is 9.52. The number of hydrogen-bond acceptors (Lipinski definition) is 2. The molecule has 0 aliphatic heterocycles. The third-order valence-corrected chi connectivity index (χ3v) is 2.82. The summed E-state index contributed by atoms with van der Waals surface area (Å²) < 4.78 is 0. The van der Waals surface area contributed by atoms with Crippen LogP contribution in [0.4, 0.5) is 0 Å². The Morgan fingerprint density at radius 2 is 1.90 bits per heavy atom. The van der Waals surface area contributed by atoms with Crippen LogP contribution in [0.25, 0.3) is 0 Å². The molecule has 1 unspecified atom stereocenters. The van der Waals surface area contributed by atoms with Gasteiger partial charge in [0, 0.05) is 23.6 Å². The molecule has 0 radical (unpaired) electrons. The number of carbonyl (C=O) groups excluding carboxylic acids is 1. The van der Waals surface area contributed by atoms with Crippen molar-refractivity contribution in [2.24, 2.45) is 5.92 Å². The molecule has 0 saturated carbocycles. The van der Waals surface area contributed by atoms with E-state index in [0.717, 1.165) is 12.0 Å². The topological polar surface area (TPSA) is 49.3 Å². The summed E-state index contributed by atoms with van der Waals surface area (Å²) in [6, 6.07) is 7.38. The normalized spacial score (nSPS) is 11.7. The summed E-state index contributed by atoms with van der Waals surface area (Å²) in [5, 5.41) is 11.6. The predicted octanol–water partition coefficient (Wildman–Crippen LogP) is 2.58. The first-order valence-electron chi connectivity index (χ1n) is 7.03. The zero-order valence-electron chi connectivity index (χ0n) is 12.4. The van der Waals surface area contributed by atoms with Crippen molar-refractivity contribution in [1.82, 2.24) is 5.32 Å². The number of benzene rings is 1. The fourth-order valence-corrected chi connectivity index (χ4v) is 2.00. The van der Waals surface area contributed by atoms with Crippen LogP contribution in [0.2, 0.25) is 0 Å². The Hall–Kier alpha value is -1.79. The van der Waals surface area contributed by atoms with Crippen LogP contribution in [0, 0.1) is 17.8 Å². The van der Waals surface area contributed by atoms with Crippen molar-refractivity contribution < 1.29 is 9.90 Å². The van der Waals surface area contributed by atoms with Crippen LogP contribution in [0.15, 0.2) is 24.3 Å². The average molecular weight is 273 g/mol. The molecule has 0 spiro atoms. The molecule has 20 heavy (non-hydrogen) atoms. The Morgan fingerprint density at radius 1 is 1.25 bits per heavy atom. The van der Waals surface area contributed by atoms with E-state index in [0.29, 0.717) is 17.9 Å². The average Bonchev–Trinajstić information content (AvgIpc) is 2.38. The van der Waals surface area contributed by atoms with Crippen molar-refractivity contribution in [3.63, 3.8) is 0 Å². The number of aliphatic hydroxyl groups excluding tert-OH is 1. The molecule has 1 aromatic carbocycles. The highest BCUT2D eigenvalue weighted by Gasteiger charge is 2.10. The highest BCUT2D eigenvalue weighted by molar-refractivity contribution is 5.94. The minimum atomic E-state index is -0.0481. The molecule has 1 rings (SSSR count). The molecule has 1 atom stereocenters. The van der Waals surface area contributed by atoms with E-state index in [4.69, 9.17) is 5.11 Å². The maximum absolute atomic E-state index is 12.0. The Morgan fingerprint density at radius 3 is 2.45 bits per heavy atom. The van der Waals surface area contributed by atoms with E-state index >= 15 is 0 Å². The van der Waals surface area contributed by atoms with Crippen LogP contribution in [0.1, 0.15) is 49.5 Å². The third-order valence-electron chi connectivity index (χ3n) is 2.82. The molecule has 0 aliphatic carbocycles. The predicted molar refractivity (Wildman–Crippen MR) is 81.4 cm³/mol. The van der Waals surface area contributed by atoms with E-state index in [1.54, 1.807) is 12.1 Å². The zero-order valence-corrected chi connectivity index (χ0v) is 12.4. The molecule has 0 fully saturated rings. The third kappa shape index (κ3) is 5.90. The molecule has 0 aromatic heterocycles.